The third-order valence-electron chi connectivity index (χ3n) is 3.76. The standard InChI is InChI=1S/C13H19NO5S/c1-8-4-6-14(7-5-8)20(17,18)12-10(3)19-9(2)11(12)13(15)16/h8H,4-7H2,1-3H3,(H,15,16). The van der Waals surface area contributed by atoms with Crippen LogP contribution in [-0.4, -0.2) is 36.9 Å². The fourth-order valence-electron chi connectivity index (χ4n) is 2.58. The van der Waals surface area contributed by atoms with Crippen LogP contribution in [0.1, 0.15) is 41.6 Å². The van der Waals surface area contributed by atoms with Crippen molar-refractivity contribution in [3.05, 3.63) is 17.1 Å². The number of hydrogen-bond acceptors (Lipinski definition) is 4. The van der Waals surface area contributed by atoms with Crippen molar-refractivity contribution >= 4 is 16.0 Å². The number of aryl methyl sites for hydroxylation is 2. The maximum absolute atomic E-state index is 12.7. The smallest absolute Gasteiger partial charge is 0.340 e. The van der Waals surface area contributed by atoms with E-state index in [0.29, 0.717) is 19.0 Å². The van der Waals surface area contributed by atoms with Crippen molar-refractivity contribution in [1.29, 1.82) is 0 Å². The van der Waals surface area contributed by atoms with Crippen LogP contribution in [0.15, 0.2) is 9.31 Å². The maximum atomic E-state index is 12.7. The van der Waals surface area contributed by atoms with Crippen molar-refractivity contribution in [2.75, 3.05) is 13.1 Å². The Balaban J connectivity index is 2.47. The van der Waals surface area contributed by atoms with Gasteiger partial charge in [0.15, 0.2) is 0 Å². The van der Waals surface area contributed by atoms with E-state index in [-0.39, 0.29) is 22.0 Å². The Labute approximate surface area is 118 Å². The van der Waals surface area contributed by atoms with E-state index >= 15 is 0 Å². The van der Waals surface area contributed by atoms with Crippen molar-refractivity contribution in [3.8, 4) is 0 Å². The molecular weight excluding hydrogens is 282 g/mol. The van der Waals surface area contributed by atoms with Gasteiger partial charge in [0.2, 0.25) is 10.0 Å². The Morgan fingerprint density at radius 3 is 2.30 bits per heavy atom. The van der Waals surface area contributed by atoms with E-state index in [4.69, 9.17) is 4.42 Å². The van der Waals surface area contributed by atoms with Gasteiger partial charge in [0, 0.05) is 13.1 Å². The topological polar surface area (TPSA) is 87.8 Å². The molecule has 2 heterocycles. The summed E-state index contributed by atoms with van der Waals surface area (Å²) in [5.41, 5.74) is -0.249. The first-order chi connectivity index (χ1) is 9.25. The van der Waals surface area contributed by atoms with Crippen molar-refractivity contribution in [2.45, 2.75) is 38.5 Å². The van der Waals surface area contributed by atoms with Crippen LogP contribution < -0.4 is 0 Å². The molecule has 0 bridgehead atoms. The van der Waals surface area contributed by atoms with Crippen molar-refractivity contribution in [3.63, 3.8) is 0 Å². The molecule has 0 saturated carbocycles. The van der Waals surface area contributed by atoms with Crippen LogP contribution in [0.25, 0.3) is 0 Å². The third-order valence-corrected chi connectivity index (χ3v) is 5.81. The molecule has 7 heteroatoms. The monoisotopic (exact) mass is 301 g/mol. The minimum atomic E-state index is -3.81. The third kappa shape index (κ3) is 2.47. The average Bonchev–Trinajstić information content (AvgIpc) is 2.65. The summed E-state index contributed by atoms with van der Waals surface area (Å²) in [6, 6.07) is 0. The van der Waals surface area contributed by atoms with Gasteiger partial charge in [-0.2, -0.15) is 4.31 Å². The van der Waals surface area contributed by atoms with Crippen LogP contribution in [0.5, 0.6) is 0 Å². The summed E-state index contributed by atoms with van der Waals surface area (Å²) in [5.74, 6) is -0.520. The average molecular weight is 301 g/mol. The number of furan rings is 1. The van der Waals surface area contributed by atoms with E-state index in [1.807, 2.05) is 0 Å². The summed E-state index contributed by atoms with van der Waals surface area (Å²) in [4.78, 5) is 11.1. The quantitative estimate of drug-likeness (QED) is 0.922. The molecule has 0 atom stereocenters. The van der Waals surface area contributed by atoms with Gasteiger partial charge in [-0.05, 0) is 32.6 Å². The summed E-state index contributed by atoms with van der Waals surface area (Å²) in [6.07, 6.45) is 1.58. The molecule has 0 spiro atoms. The van der Waals surface area contributed by atoms with Gasteiger partial charge in [0.05, 0.1) is 0 Å². The van der Waals surface area contributed by atoms with E-state index in [1.54, 1.807) is 0 Å². The first-order valence-electron chi connectivity index (χ1n) is 6.58. The highest BCUT2D eigenvalue weighted by Gasteiger charge is 2.36. The number of carboxylic acid groups (broad SMARTS) is 1. The fourth-order valence-corrected chi connectivity index (χ4v) is 4.42. The largest absolute Gasteiger partial charge is 0.478 e. The van der Waals surface area contributed by atoms with Gasteiger partial charge in [-0.3, -0.25) is 0 Å². The second-order valence-electron chi connectivity index (χ2n) is 5.31. The first-order valence-corrected chi connectivity index (χ1v) is 8.02. The Bertz CT molecular complexity index is 623. The van der Waals surface area contributed by atoms with Crippen LogP contribution in [0, 0.1) is 19.8 Å². The molecule has 6 nitrogen and oxygen atoms in total. The molecule has 1 aromatic rings. The molecule has 0 aliphatic carbocycles. The van der Waals surface area contributed by atoms with Crippen LogP contribution in [0.2, 0.25) is 0 Å². The molecule has 0 aromatic carbocycles. The van der Waals surface area contributed by atoms with E-state index in [1.165, 1.54) is 18.2 Å². The van der Waals surface area contributed by atoms with E-state index in [0.717, 1.165) is 12.8 Å². The zero-order chi connectivity index (χ0) is 15.1. The molecule has 0 amide bonds. The van der Waals surface area contributed by atoms with Gasteiger partial charge in [-0.25, -0.2) is 13.2 Å². The predicted molar refractivity (Wildman–Crippen MR) is 72.3 cm³/mol. The minimum absolute atomic E-state index is 0.124. The van der Waals surface area contributed by atoms with Gasteiger partial charge < -0.3 is 9.52 Å². The molecule has 1 aliphatic heterocycles. The highest BCUT2D eigenvalue weighted by molar-refractivity contribution is 7.89. The second-order valence-corrected chi connectivity index (χ2v) is 7.19. The number of piperidine rings is 1. The van der Waals surface area contributed by atoms with Crippen LogP contribution >= 0.6 is 0 Å². The number of aromatic carboxylic acids is 1. The van der Waals surface area contributed by atoms with Gasteiger partial charge in [-0.15, -0.1) is 0 Å². The zero-order valence-electron chi connectivity index (χ0n) is 11.8. The maximum Gasteiger partial charge on any atom is 0.340 e. The highest BCUT2D eigenvalue weighted by Crippen LogP contribution is 2.31. The number of carboxylic acids is 1. The molecule has 20 heavy (non-hydrogen) atoms. The van der Waals surface area contributed by atoms with Crippen molar-refractivity contribution in [1.82, 2.24) is 4.31 Å². The number of carbonyl (C=O) groups is 1. The lowest BCUT2D eigenvalue weighted by atomic mass is 10.0. The van der Waals surface area contributed by atoms with Gasteiger partial charge in [0.25, 0.3) is 0 Å². The number of hydrogen-bond donors (Lipinski definition) is 1. The Kier molecular flexibility index (Phi) is 3.93. The molecule has 1 fully saturated rings. The molecule has 2 rings (SSSR count). The van der Waals surface area contributed by atoms with Gasteiger partial charge in [-0.1, -0.05) is 6.92 Å². The molecule has 1 N–H and O–H groups in total. The molecular formula is C13H19NO5S. The summed E-state index contributed by atoms with van der Waals surface area (Å²) in [6.45, 7) is 5.88. The first kappa shape index (κ1) is 15.1. The van der Waals surface area contributed by atoms with Crippen LogP contribution in [0.3, 0.4) is 0 Å². The lowest BCUT2D eigenvalue weighted by Gasteiger charge is -2.29. The number of nitrogens with zero attached hydrogens (tertiary/aromatic N) is 1. The number of sulfonamides is 1. The Morgan fingerprint density at radius 2 is 1.80 bits per heavy atom. The van der Waals surface area contributed by atoms with Crippen molar-refractivity contribution in [2.24, 2.45) is 5.92 Å². The fraction of sp³-hybridized carbons (Fsp3) is 0.615. The molecule has 0 radical (unpaired) electrons. The van der Waals surface area contributed by atoms with Gasteiger partial charge in [0.1, 0.15) is 22.0 Å². The molecule has 0 unspecified atom stereocenters. The summed E-state index contributed by atoms with van der Waals surface area (Å²) >= 11 is 0. The van der Waals surface area contributed by atoms with Crippen LogP contribution in [-0.2, 0) is 10.0 Å². The molecule has 1 saturated heterocycles. The normalized spacial score (nSPS) is 18.4. The molecule has 1 aliphatic rings. The lowest BCUT2D eigenvalue weighted by Crippen LogP contribution is -2.38. The van der Waals surface area contributed by atoms with E-state index in [9.17, 15) is 18.3 Å². The number of rotatable bonds is 3. The molecule has 112 valence electrons. The van der Waals surface area contributed by atoms with Gasteiger partial charge >= 0.3 is 5.97 Å². The molecule has 1 aromatic heterocycles. The Hall–Kier alpha value is -1.34. The highest BCUT2D eigenvalue weighted by atomic mass is 32.2. The van der Waals surface area contributed by atoms with Crippen molar-refractivity contribution < 1.29 is 22.7 Å². The lowest BCUT2D eigenvalue weighted by molar-refractivity contribution is 0.0691. The van der Waals surface area contributed by atoms with Crippen LogP contribution in [0.4, 0.5) is 0 Å². The SMILES string of the molecule is Cc1oc(C)c(S(=O)(=O)N2CCC(C)CC2)c1C(=O)O. The predicted octanol–water partition coefficient (Wildman–Crippen LogP) is 2.02. The summed E-state index contributed by atoms with van der Waals surface area (Å²) < 4.78 is 31.9. The second kappa shape index (κ2) is 5.21. The Morgan fingerprint density at radius 1 is 1.25 bits per heavy atom. The zero-order valence-corrected chi connectivity index (χ0v) is 12.7. The van der Waals surface area contributed by atoms with E-state index in [2.05, 4.69) is 6.92 Å². The van der Waals surface area contributed by atoms with E-state index < -0.39 is 16.0 Å². The minimum Gasteiger partial charge on any atom is -0.478 e. The summed E-state index contributed by atoms with van der Waals surface area (Å²) in [7, 11) is -3.81. The summed E-state index contributed by atoms with van der Waals surface area (Å²) in [5, 5.41) is 9.22.